The summed E-state index contributed by atoms with van der Waals surface area (Å²) in [5, 5.41) is 7.65. The molecule has 3 N–H and O–H groups in total. The van der Waals surface area contributed by atoms with E-state index in [1.54, 1.807) is 6.07 Å². The smallest absolute Gasteiger partial charge is 0.259 e. The number of benzene rings is 1. The highest BCUT2D eigenvalue weighted by atomic mass is 32.2. The fraction of sp³-hybridized carbons (Fsp3) is 0.154. The second-order valence-electron chi connectivity index (χ2n) is 4.11. The van der Waals surface area contributed by atoms with E-state index in [1.165, 1.54) is 30.5 Å². The number of rotatable bonds is 4. The van der Waals surface area contributed by atoms with Gasteiger partial charge in [0.1, 0.15) is 10.7 Å². The van der Waals surface area contributed by atoms with Crippen molar-refractivity contribution in [1.29, 1.82) is 0 Å². The van der Waals surface area contributed by atoms with Crippen molar-refractivity contribution in [3.63, 3.8) is 0 Å². The van der Waals surface area contributed by atoms with Gasteiger partial charge in [-0.15, -0.1) is 0 Å². The molecule has 0 spiro atoms. The van der Waals surface area contributed by atoms with E-state index in [0.717, 1.165) is 0 Å². The molecular formula is C13H14N2O4S. The zero-order chi connectivity index (χ0) is 14.8. The molecule has 0 atom stereocenters. The highest BCUT2D eigenvalue weighted by Crippen LogP contribution is 2.21. The van der Waals surface area contributed by atoms with Crippen LogP contribution in [0.15, 0.2) is 45.9 Å². The summed E-state index contributed by atoms with van der Waals surface area (Å²) in [6, 6.07) is 7.49. The fourth-order valence-corrected chi connectivity index (χ4v) is 2.52. The molecule has 0 fully saturated rings. The van der Waals surface area contributed by atoms with Crippen LogP contribution in [-0.4, -0.2) is 14.3 Å². The van der Waals surface area contributed by atoms with E-state index in [0.29, 0.717) is 17.7 Å². The van der Waals surface area contributed by atoms with Gasteiger partial charge in [-0.1, -0.05) is 19.1 Å². The summed E-state index contributed by atoms with van der Waals surface area (Å²) in [7, 11) is -3.90. The number of para-hydroxylation sites is 1. The predicted molar refractivity (Wildman–Crippen MR) is 73.9 cm³/mol. The normalized spacial score (nSPS) is 11.3. The van der Waals surface area contributed by atoms with E-state index < -0.39 is 15.9 Å². The molecule has 0 saturated carbocycles. The van der Waals surface area contributed by atoms with Crippen molar-refractivity contribution in [3.05, 3.63) is 47.9 Å². The lowest BCUT2D eigenvalue weighted by atomic mass is 10.2. The van der Waals surface area contributed by atoms with Crippen LogP contribution in [0, 0.1) is 0 Å². The molecule has 0 saturated heterocycles. The van der Waals surface area contributed by atoms with Crippen molar-refractivity contribution < 1.29 is 17.6 Å². The van der Waals surface area contributed by atoms with E-state index in [9.17, 15) is 13.2 Å². The van der Waals surface area contributed by atoms with Gasteiger partial charge in [0.25, 0.3) is 5.91 Å². The molecule has 1 amide bonds. The first-order valence-corrected chi connectivity index (χ1v) is 7.47. The number of sulfonamides is 1. The van der Waals surface area contributed by atoms with Crippen LogP contribution in [0.1, 0.15) is 23.0 Å². The maximum atomic E-state index is 12.1. The standard InChI is InChI=1S/C13H14N2O4S/c1-2-11-9(7-8-19-11)13(16)15-10-5-3-4-6-12(10)20(14,17)18/h3-8H,2H2,1H3,(H,15,16)(H2,14,17,18). The number of carbonyl (C=O) groups excluding carboxylic acids is 1. The molecule has 1 heterocycles. The van der Waals surface area contributed by atoms with Crippen molar-refractivity contribution in [2.24, 2.45) is 5.14 Å². The van der Waals surface area contributed by atoms with E-state index in [-0.39, 0.29) is 10.6 Å². The van der Waals surface area contributed by atoms with Gasteiger partial charge in [-0.05, 0) is 18.2 Å². The average molecular weight is 294 g/mol. The number of hydrogen-bond donors (Lipinski definition) is 2. The third-order valence-corrected chi connectivity index (χ3v) is 3.72. The lowest BCUT2D eigenvalue weighted by Gasteiger charge is -2.09. The van der Waals surface area contributed by atoms with Gasteiger partial charge in [0.2, 0.25) is 10.0 Å². The van der Waals surface area contributed by atoms with Crippen LogP contribution in [0.4, 0.5) is 5.69 Å². The van der Waals surface area contributed by atoms with E-state index in [1.807, 2.05) is 6.92 Å². The summed E-state index contributed by atoms with van der Waals surface area (Å²) in [5.74, 6) is 0.0993. The first-order chi connectivity index (χ1) is 9.43. The molecule has 0 bridgehead atoms. The number of nitrogens with one attached hydrogen (secondary N) is 1. The van der Waals surface area contributed by atoms with Crippen molar-refractivity contribution in [2.45, 2.75) is 18.2 Å². The lowest BCUT2D eigenvalue weighted by Crippen LogP contribution is -2.18. The molecule has 6 nitrogen and oxygen atoms in total. The molecule has 1 aromatic carbocycles. The Balaban J connectivity index is 2.34. The van der Waals surface area contributed by atoms with Gasteiger partial charge in [0.05, 0.1) is 17.5 Å². The third kappa shape index (κ3) is 2.89. The molecule has 0 unspecified atom stereocenters. The molecule has 0 aliphatic rings. The van der Waals surface area contributed by atoms with E-state index >= 15 is 0 Å². The minimum Gasteiger partial charge on any atom is -0.469 e. The first-order valence-electron chi connectivity index (χ1n) is 5.93. The fourth-order valence-electron chi connectivity index (χ4n) is 1.82. The molecule has 2 rings (SSSR count). The van der Waals surface area contributed by atoms with Gasteiger partial charge in [0, 0.05) is 6.42 Å². The molecule has 7 heteroatoms. The number of anilines is 1. The van der Waals surface area contributed by atoms with Crippen LogP contribution in [0.25, 0.3) is 0 Å². The Morgan fingerprint density at radius 3 is 2.65 bits per heavy atom. The Morgan fingerprint density at radius 2 is 2.00 bits per heavy atom. The Labute approximate surface area is 116 Å². The summed E-state index contributed by atoms with van der Waals surface area (Å²) >= 11 is 0. The lowest BCUT2D eigenvalue weighted by molar-refractivity contribution is 0.102. The van der Waals surface area contributed by atoms with Crippen molar-refractivity contribution in [2.75, 3.05) is 5.32 Å². The largest absolute Gasteiger partial charge is 0.469 e. The van der Waals surface area contributed by atoms with Gasteiger partial charge < -0.3 is 9.73 Å². The van der Waals surface area contributed by atoms with Crippen LogP contribution < -0.4 is 10.5 Å². The molecule has 20 heavy (non-hydrogen) atoms. The molecule has 0 radical (unpaired) electrons. The molecule has 2 aromatic rings. The Hall–Kier alpha value is -2.12. The minimum atomic E-state index is -3.90. The second-order valence-corrected chi connectivity index (χ2v) is 5.64. The summed E-state index contributed by atoms with van der Waals surface area (Å²) in [6.45, 7) is 1.86. The second kappa shape index (κ2) is 5.48. The minimum absolute atomic E-state index is 0.130. The summed E-state index contributed by atoms with van der Waals surface area (Å²) in [4.78, 5) is 12.0. The Morgan fingerprint density at radius 1 is 1.30 bits per heavy atom. The summed E-state index contributed by atoms with van der Waals surface area (Å²) in [6.07, 6.45) is 1.98. The quantitative estimate of drug-likeness (QED) is 0.896. The highest BCUT2D eigenvalue weighted by Gasteiger charge is 2.18. The van der Waals surface area contributed by atoms with Crippen LogP contribution in [0.5, 0.6) is 0 Å². The van der Waals surface area contributed by atoms with Crippen LogP contribution in [0.3, 0.4) is 0 Å². The number of amides is 1. The van der Waals surface area contributed by atoms with Crippen LogP contribution in [0.2, 0.25) is 0 Å². The van der Waals surface area contributed by atoms with Crippen molar-refractivity contribution >= 4 is 21.6 Å². The number of hydrogen-bond acceptors (Lipinski definition) is 4. The SMILES string of the molecule is CCc1occc1C(=O)Nc1ccccc1S(N)(=O)=O. The molecule has 106 valence electrons. The van der Waals surface area contributed by atoms with Gasteiger partial charge >= 0.3 is 0 Å². The number of nitrogens with two attached hydrogens (primary N) is 1. The van der Waals surface area contributed by atoms with E-state index in [2.05, 4.69) is 5.32 Å². The number of carbonyl (C=O) groups is 1. The average Bonchev–Trinajstić information content (AvgIpc) is 2.86. The maximum absolute atomic E-state index is 12.1. The maximum Gasteiger partial charge on any atom is 0.259 e. The topological polar surface area (TPSA) is 102 Å². The number of primary sulfonamides is 1. The van der Waals surface area contributed by atoms with Gasteiger partial charge in [-0.2, -0.15) is 0 Å². The Kier molecular flexibility index (Phi) is 3.91. The zero-order valence-electron chi connectivity index (χ0n) is 10.8. The third-order valence-electron chi connectivity index (χ3n) is 2.75. The summed E-state index contributed by atoms with van der Waals surface area (Å²) < 4.78 is 28.1. The molecule has 0 aliphatic carbocycles. The Bertz CT molecular complexity index is 734. The molecule has 0 aliphatic heterocycles. The van der Waals surface area contributed by atoms with Crippen molar-refractivity contribution in [3.8, 4) is 0 Å². The highest BCUT2D eigenvalue weighted by molar-refractivity contribution is 7.89. The monoisotopic (exact) mass is 294 g/mol. The van der Waals surface area contributed by atoms with Crippen LogP contribution >= 0.6 is 0 Å². The first kappa shape index (κ1) is 14.3. The number of aryl methyl sites for hydroxylation is 1. The molecular weight excluding hydrogens is 280 g/mol. The van der Waals surface area contributed by atoms with Gasteiger partial charge in [0.15, 0.2) is 0 Å². The van der Waals surface area contributed by atoms with Crippen LogP contribution in [-0.2, 0) is 16.4 Å². The zero-order valence-corrected chi connectivity index (χ0v) is 11.6. The van der Waals surface area contributed by atoms with E-state index in [4.69, 9.17) is 9.56 Å². The van der Waals surface area contributed by atoms with Crippen molar-refractivity contribution in [1.82, 2.24) is 0 Å². The van der Waals surface area contributed by atoms with Gasteiger partial charge in [-0.3, -0.25) is 4.79 Å². The molecule has 1 aromatic heterocycles. The predicted octanol–water partition coefficient (Wildman–Crippen LogP) is 1.74. The number of furan rings is 1. The van der Waals surface area contributed by atoms with Gasteiger partial charge in [-0.25, -0.2) is 13.6 Å². The summed E-state index contributed by atoms with van der Waals surface area (Å²) in [5.41, 5.74) is 0.514.